The van der Waals surface area contributed by atoms with Crippen LogP contribution >= 0.6 is 11.3 Å². The first kappa shape index (κ1) is 16.4. The van der Waals surface area contributed by atoms with Crippen molar-refractivity contribution in [2.24, 2.45) is 0 Å². The van der Waals surface area contributed by atoms with E-state index in [9.17, 15) is 13.6 Å². The van der Waals surface area contributed by atoms with Gasteiger partial charge in [0.2, 0.25) is 6.41 Å². The third kappa shape index (κ3) is 2.95. The molecule has 0 spiro atoms. The van der Waals surface area contributed by atoms with Gasteiger partial charge in [-0.15, -0.1) is 11.3 Å². The molecule has 4 aromatic rings. The topological polar surface area (TPSA) is 33.2 Å². The van der Waals surface area contributed by atoms with E-state index in [4.69, 9.17) is 0 Å². The third-order valence-electron chi connectivity index (χ3n) is 4.02. The second-order valence-corrected chi connectivity index (χ2v) is 6.48. The fraction of sp³-hybridized carbons (Fsp3) is 0. The molecule has 0 fully saturated rings. The van der Waals surface area contributed by atoms with Crippen LogP contribution < -0.4 is 4.90 Å². The average molecular weight is 366 g/mol. The predicted molar refractivity (Wildman–Crippen MR) is 99.6 cm³/mol. The van der Waals surface area contributed by atoms with Crippen LogP contribution in [0.15, 0.2) is 66.0 Å². The van der Waals surface area contributed by atoms with E-state index in [-0.39, 0.29) is 5.69 Å². The maximum Gasteiger partial charge on any atom is 0.220 e. The van der Waals surface area contributed by atoms with E-state index < -0.39 is 11.6 Å². The maximum atomic E-state index is 14.0. The van der Waals surface area contributed by atoms with Crippen LogP contribution in [0.5, 0.6) is 0 Å². The molecule has 1 aromatic heterocycles. The number of carbonyl (C=O) groups excluding carboxylic acids is 1. The number of hydrogen-bond donors (Lipinski definition) is 0. The molecule has 0 atom stereocenters. The molecule has 3 nitrogen and oxygen atoms in total. The quantitative estimate of drug-likeness (QED) is 0.445. The summed E-state index contributed by atoms with van der Waals surface area (Å²) in [5.74, 6) is -1.52. The van der Waals surface area contributed by atoms with Gasteiger partial charge in [0.25, 0.3) is 0 Å². The molecule has 26 heavy (non-hydrogen) atoms. The highest BCUT2D eigenvalue weighted by molar-refractivity contribution is 7.14. The number of nitrogens with zero attached hydrogens (tertiary/aromatic N) is 2. The van der Waals surface area contributed by atoms with Crippen molar-refractivity contribution in [3.05, 3.63) is 77.7 Å². The van der Waals surface area contributed by atoms with Gasteiger partial charge in [-0.3, -0.25) is 9.69 Å². The monoisotopic (exact) mass is 366 g/mol. The lowest BCUT2D eigenvalue weighted by atomic mass is 10.1. The Morgan fingerprint density at radius 2 is 1.77 bits per heavy atom. The zero-order valence-electron chi connectivity index (χ0n) is 13.4. The Labute approximate surface area is 152 Å². The summed E-state index contributed by atoms with van der Waals surface area (Å²) in [7, 11) is 0. The standard InChI is InChI=1S/C20H12F2N2OS/c21-16-7-8-19(17(22)10-16)24(12-25)20-23-18(11-26-20)15-6-5-13-3-1-2-4-14(13)9-15/h1-12H. The molecule has 0 unspecified atom stereocenters. The second kappa shape index (κ2) is 6.65. The number of anilines is 2. The molecule has 0 saturated carbocycles. The molecule has 0 N–H and O–H groups in total. The molecule has 4 rings (SSSR count). The van der Waals surface area contributed by atoms with Gasteiger partial charge in [-0.1, -0.05) is 36.4 Å². The van der Waals surface area contributed by atoms with Crippen molar-refractivity contribution in [3.8, 4) is 11.3 Å². The van der Waals surface area contributed by atoms with Gasteiger partial charge >= 0.3 is 0 Å². The highest BCUT2D eigenvalue weighted by Gasteiger charge is 2.17. The van der Waals surface area contributed by atoms with Crippen LogP contribution in [0.1, 0.15) is 0 Å². The van der Waals surface area contributed by atoms with Crippen molar-refractivity contribution in [1.82, 2.24) is 4.98 Å². The first-order valence-corrected chi connectivity index (χ1v) is 8.68. The molecular formula is C20H12F2N2OS. The Morgan fingerprint density at radius 3 is 2.54 bits per heavy atom. The number of benzene rings is 3. The fourth-order valence-corrected chi connectivity index (χ4v) is 3.55. The van der Waals surface area contributed by atoms with Crippen molar-refractivity contribution in [2.45, 2.75) is 0 Å². The average Bonchev–Trinajstić information content (AvgIpc) is 3.13. The Kier molecular flexibility index (Phi) is 4.18. The predicted octanol–water partition coefficient (Wildman–Crippen LogP) is 5.54. The number of halogens is 2. The molecule has 1 amide bonds. The zero-order valence-corrected chi connectivity index (χ0v) is 14.2. The largest absolute Gasteiger partial charge is 0.278 e. The van der Waals surface area contributed by atoms with Crippen molar-refractivity contribution >= 4 is 39.3 Å². The van der Waals surface area contributed by atoms with Gasteiger partial charge < -0.3 is 0 Å². The first-order valence-electron chi connectivity index (χ1n) is 7.80. The maximum absolute atomic E-state index is 14.0. The molecule has 0 bridgehead atoms. The van der Waals surface area contributed by atoms with Gasteiger partial charge in [-0.2, -0.15) is 0 Å². The van der Waals surface area contributed by atoms with Gasteiger partial charge in [-0.05, 0) is 29.0 Å². The Balaban J connectivity index is 1.72. The molecule has 0 saturated heterocycles. The van der Waals surface area contributed by atoms with Gasteiger partial charge in [0, 0.05) is 17.0 Å². The molecule has 0 aliphatic heterocycles. The number of amides is 1. The SMILES string of the molecule is O=CN(c1nc(-c2ccc3ccccc3c2)cs1)c1ccc(F)cc1F. The summed E-state index contributed by atoms with van der Waals surface area (Å²) >= 11 is 1.21. The number of thiazole rings is 1. The first-order chi connectivity index (χ1) is 12.7. The lowest BCUT2D eigenvalue weighted by Gasteiger charge is -2.14. The molecular weight excluding hydrogens is 354 g/mol. The Hall–Kier alpha value is -3.12. The molecule has 3 aromatic carbocycles. The lowest BCUT2D eigenvalue weighted by Crippen LogP contribution is -2.15. The minimum atomic E-state index is -0.820. The summed E-state index contributed by atoms with van der Waals surface area (Å²) in [4.78, 5) is 17.0. The number of carbonyl (C=O) groups is 1. The minimum absolute atomic E-state index is 0.0409. The van der Waals surface area contributed by atoms with Crippen LogP contribution in [-0.4, -0.2) is 11.4 Å². The summed E-state index contributed by atoms with van der Waals surface area (Å²) < 4.78 is 27.1. The smallest absolute Gasteiger partial charge is 0.220 e. The fourth-order valence-electron chi connectivity index (χ4n) is 2.74. The lowest BCUT2D eigenvalue weighted by molar-refractivity contribution is -0.106. The van der Waals surface area contributed by atoms with E-state index in [1.807, 2.05) is 42.5 Å². The summed E-state index contributed by atoms with van der Waals surface area (Å²) in [6.07, 6.45) is 0.472. The minimum Gasteiger partial charge on any atom is -0.278 e. The van der Waals surface area contributed by atoms with Gasteiger partial charge in [0.1, 0.15) is 11.6 Å². The van der Waals surface area contributed by atoms with Crippen LogP contribution in [0, 0.1) is 11.6 Å². The summed E-state index contributed by atoms with van der Waals surface area (Å²) in [5, 5.41) is 4.32. The van der Waals surface area contributed by atoms with E-state index in [0.717, 1.165) is 33.4 Å². The molecule has 6 heteroatoms. The third-order valence-corrected chi connectivity index (χ3v) is 4.86. The normalized spacial score (nSPS) is 10.8. The van der Waals surface area contributed by atoms with Crippen LogP contribution in [0.2, 0.25) is 0 Å². The highest BCUT2D eigenvalue weighted by Crippen LogP contribution is 2.33. The van der Waals surface area contributed by atoms with Crippen molar-refractivity contribution in [2.75, 3.05) is 4.90 Å². The van der Waals surface area contributed by atoms with E-state index >= 15 is 0 Å². The highest BCUT2D eigenvalue weighted by atomic mass is 32.1. The number of rotatable bonds is 4. The summed E-state index contributed by atoms with van der Waals surface area (Å²) in [5.41, 5.74) is 1.54. The summed E-state index contributed by atoms with van der Waals surface area (Å²) in [6, 6.07) is 17.0. The second-order valence-electron chi connectivity index (χ2n) is 5.65. The molecule has 1 heterocycles. The van der Waals surface area contributed by atoms with Crippen LogP contribution in [0.4, 0.5) is 19.6 Å². The van der Waals surface area contributed by atoms with E-state index in [1.54, 1.807) is 5.38 Å². The molecule has 0 radical (unpaired) electrons. The molecule has 0 aliphatic carbocycles. The van der Waals surface area contributed by atoms with Gasteiger partial charge in [0.05, 0.1) is 11.4 Å². The molecule has 128 valence electrons. The van der Waals surface area contributed by atoms with Crippen LogP contribution in [0.3, 0.4) is 0 Å². The van der Waals surface area contributed by atoms with Crippen molar-refractivity contribution in [3.63, 3.8) is 0 Å². The Bertz CT molecular complexity index is 1110. The zero-order chi connectivity index (χ0) is 18.1. The summed E-state index contributed by atoms with van der Waals surface area (Å²) in [6.45, 7) is 0. The van der Waals surface area contributed by atoms with E-state index in [0.29, 0.717) is 17.2 Å². The van der Waals surface area contributed by atoms with Gasteiger partial charge in [-0.25, -0.2) is 13.8 Å². The number of aromatic nitrogens is 1. The number of fused-ring (bicyclic) bond motifs is 1. The van der Waals surface area contributed by atoms with Crippen molar-refractivity contribution < 1.29 is 13.6 Å². The van der Waals surface area contributed by atoms with Crippen molar-refractivity contribution in [1.29, 1.82) is 0 Å². The van der Waals surface area contributed by atoms with Gasteiger partial charge in [0.15, 0.2) is 5.13 Å². The number of hydrogen-bond acceptors (Lipinski definition) is 3. The van der Waals surface area contributed by atoms with Crippen LogP contribution in [-0.2, 0) is 4.79 Å². The van der Waals surface area contributed by atoms with E-state index in [1.165, 1.54) is 17.4 Å². The van der Waals surface area contributed by atoms with Crippen LogP contribution in [0.25, 0.3) is 22.0 Å². The Morgan fingerprint density at radius 1 is 0.962 bits per heavy atom. The molecule has 0 aliphatic rings. The van der Waals surface area contributed by atoms with E-state index in [2.05, 4.69) is 4.98 Å².